The average Bonchev–Trinajstić information content (AvgIpc) is 2.79. The van der Waals surface area contributed by atoms with Crippen LogP contribution in [0.3, 0.4) is 0 Å². The minimum Gasteiger partial charge on any atom is -0.366 e. The summed E-state index contributed by atoms with van der Waals surface area (Å²) >= 11 is 0. The minimum atomic E-state index is -0.401. The van der Waals surface area contributed by atoms with Gasteiger partial charge in [-0.15, -0.1) is 0 Å². The van der Waals surface area contributed by atoms with Crippen LogP contribution >= 0.6 is 0 Å². The van der Waals surface area contributed by atoms with Crippen LogP contribution in [0.2, 0.25) is 0 Å². The number of piperidine rings is 1. The first-order chi connectivity index (χ1) is 14.5. The fraction of sp³-hybridized carbons (Fsp3) is 0.435. The first-order valence-electron chi connectivity index (χ1n) is 10.6. The summed E-state index contributed by atoms with van der Waals surface area (Å²) in [6, 6.07) is 8.25. The van der Waals surface area contributed by atoms with Crippen molar-refractivity contribution >= 4 is 23.2 Å². The van der Waals surface area contributed by atoms with E-state index in [0.29, 0.717) is 43.0 Å². The van der Waals surface area contributed by atoms with Crippen LogP contribution in [0.5, 0.6) is 0 Å². The highest BCUT2D eigenvalue weighted by molar-refractivity contribution is 5.99. The molecule has 0 N–H and O–H groups in total. The first kappa shape index (κ1) is 20.3. The minimum absolute atomic E-state index is 0.0178. The van der Waals surface area contributed by atoms with Crippen molar-refractivity contribution in [3.8, 4) is 0 Å². The van der Waals surface area contributed by atoms with Crippen molar-refractivity contribution in [2.45, 2.75) is 26.2 Å². The summed E-state index contributed by atoms with van der Waals surface area (Å²) in [5.41, 5.74) is 1.49. The van der Waals surface area contributed by atoms with Crippen molar-refractivity contribution < 1.29 is 14.0 Å². The fourth-order valence-electron chi connectivity index (χ4n) is 4.22. The maximum atomic E-state index is 14.5. The topological polar surface area (TPSA) is 56.8 Å². The van der Waals surface area contributed by atoms with Gasteiger partial charge in [-0.25, -0.2) is 9.37 Å². The van der Waals surface area contributed by atoms with E-state index in [-0.39, 0.29) is 11.7 Å². The van der Waals surface area contributed by atoms with Gasteiger partial charge in [-0.3, -0.25) is 9.59 Å². The van der Waals surface area contributed by atoms with Crippen molar-refractivity contribution in [1.29, 1.82) is 0 Å². The molecule has 2 aliphatic rings. The Morgan fingerprint density at radius 2 is 1.67 bits per heavy atom. The largest absolute Gasteiger partial charge is 0.366 e. The summed E-state index contributed by atoms with van der Waals surface area (Å²) in [6.45, 7) is 5.40. The molecule has 0 unspecified atom stereocenters. The van der Waals surface area contributed by atoms with E-state index in [1.807, 2.05) is 21.9 Å². The van der Waals surface area contributed by atoms with Crippen molar-refractivity contribution in [3.05, 3.63) is 53.5 Å². The number of ketones is 1. The van der Waals surface area contributed by atoms with Crippen molar-refractivity contribution in [3.63, 3.8) is 0 Å². The monoisotopic (exact) mass is 410 g/mol. The van der Waals surface area contributed by atoms with E-state index in [9.17, 15) is 14.0 Å². The van der Waals surface area contributed by atoms with E-state index >= 15 is 0 Å². The molecule has 158 valence electrons. The second-order valence-corrected chi connectivity index (χ2v) is 7.92. The molecule has 2 aliphatic heterocycles. The van der Waals surface area contributed by atoms with Crippen molar-refractivity contribution in [2.24, 2.45) is 0 Å². The number of piperazine rings is 1. The van der Waals surface area contributed by atoms with E-state index < -0.39 is 5.82 Å². The Kier molecular flexibility index (Phi) is 5.97. The van der Waals surface area contributed by atoms with Crippen LogP contribution in [0.15, 0.2) is 36.5 Å². The number of aromatic nitrogens is 1. The Bertz CT molecular complexity index is 935. The number of anilines is 2. The van der Waals surface area contributed by atoms with Gasteiger partial charge in [0.2, 0.25) is 0 Å². The Hall–Kier alpha value is -2.96. The smallest absolute Gasteiger partial charge is 0.257 e. The summed E-state index contributed by atoms with van der Waals surface area (Å²) in [6.07, 6.45) is 5.21. The Morgan fingerprint density at radius 3 is 2.33 bits per heavy atom. The molecular formula is C23H27FN4O2. The Morgan fingerprint density at radius 1 is 0.933 bits per heavy atom. The van der Waals surface area contributed by atoms with Crippen molar-refractivity contribution in [2.75, 3.05) is 49.1 Å². The van der Waals surface area contributed by atoms with Gasteiger partial charge < -0.3 is 14.7 Å². The lowest BCUT2D eigenvalue weighted by atomic mass is 10.1. The third kappa shape index (κ3) is 4.15. The van der Waals surface area contributed by atoms with Crippen LogP contribution < -0.4 is 9.80 Å². The number of carbonyl (C=O) groups is 2. The number of benzene rings is 1. The molecule has 0 radical (unpaired) electrons. The van der Waals surface area contributed by atoms with Crippen molar-refractivity contribution in [1.82, 2.24) is 9.88 Å². The van der Waals surface area contributed by atoms with Gasteiger partial charge in [0, 0.05) is 51.0 Å². The van der Waals surface area contributed by atoms with Gasteiger partial charge in [-0.05, 0) is 56.5 Å². The third-order valence-corrected chi connectivity index (χ3v) is 5.93. The number of hydrogen-bond donors (Lipinski definition) is 0. The van der Waals surface area contributed by atoms with Gasteiger partial charge in [0.05, 0.1) is 11.3 Å². The molecule has 1 amide bonds. The highest BCUT2D eigenvalue weighted by atomic mass is 19.1. The molecule has 0 bridgehead atoms. The van der Waals surface area contributed by atoms with Gasteiger partial charge in [0.1, 0.15) is 11.6 Å². The first-order valence-corrected chi connectivity index (χ1v) is 10.6. The molecule has 3 heterocycles. The molecule has 0 aliphatic carbocycles. The highest BCUT2D eigenvalue weighted by Crippen LogP contribution is 2.25. The zero-order chi connectivity index (χ0) is 21.1. The van der Waals surface area contributed by atoms with Crippen LogP contribution in [0.4, 0.5) is 15.9 Å². The van der Waals surface area contributed by atoms with E-state index in [1.165, 1.54) is 19.4 Å². The zero-order valence-electron chi connectivity index (χ0n) is 17.3. The summed E-state index contributed by atoms with van der Waals surface area (Å²) in [4.78, 5) is 35.1. The molecule has 4 rings (SSSR count). The number of pyridine rings is 1. The number of nitrogens with zero attached hydrogens (tertiary/aromatic N) is 4. The molecule has 2 saturated heterocycles. The molecule has 6 nitrogen and oxygen atoms in total. The molecule has 7 heteroatoms. The van der Waals surface area contributed by atoms with E-state index in [0.717, 1.165) is 31.7 Å². The lowest BCUT2D eigenvalue weighted by molar-refractivity contribution is 0.0746. The number of amides is 1. The summed E-state index contributed by atoms with van der Waals surface area (Å²) < 4.78 is 14.5. The molecule has 0 saturated carbocycles. The van der Waals surface area contributed by atoms with Gasteiger partial charge in [0.15, 0.2) is 5.78 Å². The number of rotatable bonds is 4. The van der Waals surface area contributed by atoms with E-state index in [2.05, 4.69) is 9.88 Å². The van der Waals surface area contributed by atoms with Crippen LogP contribution in [0, 0.1) is 5.82 Å². The average molecular weight is 410 g/mol. The summed E-state index contributed by atoms with van der Waals surface area (Å²) in [7, 11) is 0. The molecule has 2 fully saturated rings. The van der Waals surface area contributed by atoms with Gasteiger partial charge >= 0.3 is 0 Å². The number of Topliss-reactive ketones (excluding diaryl/α,β-unsaturated/α-hetero) is 1. The normalized spacial score (nSPS) is 17.2. The maximum absolute atomic E-state index is 14.5. The molecule has 0 spiro atoms. The standard InChI is InChI=1S/C23H27FN4O2/c1-17(29)18-7-8-21(20(24)16-18)26-12-14-28(15-13-26)23(30)19-6-5-9-25-22(19)27-10-3-2-4-11-27/h5-9,16H,2-4,10-15H2,1H3. The van der Waals surface area contributed by atoms with Crippen LogP contribution in [0.25, 0.3) is 0 Å². The Balaban J connectivity index is 1.45. The molecular weight excluding hydrogens is 383 g/mol. The second kappa shape index (κ2) is 8.81. The zero-order valence-corrected chi connectivity index (χ0v) is 17.3. The SMILES string of the molecule is CC(=O)c1ccc(N2CCN(C(=O)c3cccnc3N3CCCCC3)CC2)c(F)c1. The van der Waals surface area contributed by atoms with Crippen LogP contribution in [-0.4, -0.2) is 60.8 Å². The van der Waals surface area contributed by atoms with Gasteiger partial charge in [-0.1, -0.05) is 0 Å². The molecule has 2 aromatic rings. The predicted molar refractivity (Wildman–Crippen MR) is 115 cm³/mol. The quantitative estimate of drug-likeness (QED) is 0.724. The highest BCUT2D eigenvalue weighted by Gasteiger charge is 2.27. The van der Waals surface area contributed by atoms with Gasteiger partial charge in [0.25, 0.3) is 5.91 Å². The summed E-state index contributed by atoms with van der Waals surface area (Å²) in [5.74, 6) is 0.199. The van der Waals surface area contributed by atoms with Crippen LogP contribution in [0.1, 0.15) is 46.9 Å². The number of halogens is 1. The van der Waals surface area contributed by atoms with Gasteiger partial charge in [-0.2, -0.15) is 0 Å². The second-order valence-electron chi connectivity index (χ2n) is 7.92. The van der Waals surface area contributed by atoms with Crippen LogP contribution in [-0.2, 0) is 0 Å². The number of carbonyl (C=O) groups excluding carboxylic acids is 2. The summed E-state index contributed by atoms with van der Waals surface area (Å²) in [5, 5.41) is 0. The lowest BCUT2D eigenvalue weighted by Crippen LogP contribution is -2.49. The fourth-order valence-corrected chi connectivity index (χ4v) is 4.22. The van der Waals surface area contributed by atoms with E-state index in [1.54, 1.807) is 18.3 Å². The molecule has 1 aromatic carbocycles. The number of hydrogen-bond acceptors (Lipinski definition) is 5. The predicted octanol–water partition coefficient (Wildman–Crippen LogP) is 3.38. The maximum Gasteiger partial charge on any atom is 0.257 e. The molecule has 0 atom stereocenters. The molecule has 30 heavy (non-hydrogen) atoms. The molecule has 1 aromatic heterocycles. The Labute approximate surface area is 176 Å². The van der Waals surface area contributed by atoms with E-state index in [4.69, 9.17) is 0 Å². The lowest BCUT2D eigenvalue weighted by Gasteiger charge is -2.37. The third-order valence-electron chi connectivity index (χ3n) is 5.93.